The molecule has 3 rings (SSSR count). The molecule has 0 saturated heterocycles. The molecule has 1 saturated carbocycles. The number of rotatable bonds is 3. The normalized spacial score (nSPS) is 19.8. The van der Waals surface area contributed by atoms with Crippen molar-refractivity contribution in [3.8, 4) is 0 Å². The van der Waals surface area contributed by atoms with Gasteiger partial charge in [0.1, 0.15) is 0 Å². The zero-order chi connectivity index (χ0) is 14.5. The zero-order valence-electron chi connectivity index (χ0n) is 11.4. The molecule has 108 valence electrons. The summed E-state index contributed by atoms with van der Waals surface area (Å²) < 4.78 is 22.7. The highest BCUT2D eigenvalue weighted by Crippen LogP contribution is 2.39. The van der Waals surface area contributed by atoms with Crippen LogP contribution in [0.15, 0.2) is 23.1 Å². The zero-order valence-corrected chi connectivity index (χ0v) is 12.2. The molecule has 0 bridgehead atoms. The number of amides is 1. The highest BCUT2D eigenvalue weighted by molar-refractivity contribution is 7.89. The van der Waals surface area contributed by atoms with Gasteiger partial charge in [-0.15, -0.1) is 0 Å². The Morgan fingerprint density at radius 1 is 1.40 bits per heavy atom. The Morgan fingerprint density at radius 3 is 2.70 bits per heavy atom. The van der Waals surface area contributed by atoms with E-state index in [4.69, 9.17) is 5.14 Å². The molecule has 1 aliphatic carbocycles. The molecule has 2 aliphatic rings. The standard InChI is InChI=1S/C14H18N2O3S/c1-9(10-2-3-10)14(17)16-7-6-11-8-12(20(15,18)19)4-5-13(11)16/h4-5,8-10H,2-3,6-7H2,1H3,(H2,15,18,19). The van der Waals surface area contributed by atoms with Gasteiger partial charge in [-0.25, -0.2) is 13.6 Å². The first kappa shape index (κ1) is 13.6. The summed E-state index contributed by atoms with van der Waals surface area (Å²) in [7, 11) is -3.69. The van der Waals surface area contributed by atoms with Crippen molar-refractivity contribution in [1.29, 1.82) is 0 Å². The summed E-state index contributed by atoms with van der Waals surface area (Å²) in [5, 5.41) is 5.13. The molecule has 6 heteroatoms. The van der Waals surface area contributed by atoms with Crippen LogP contribution in [0.4, 0.5) is 5.69 Å². The summed E-state index contributed by atoms with van der Waals surface area (Å²) in [6, 6.07) is 4.75. The molecule has 1 fully saturated rings. The lowest BCUT2D eigenvalue weighted by atomic mass is 10.0. The van der Waals surface area contributed by atoms with Crippen LogP contribution in [0.1, 0.15) is 25.3 Å². The summed E-state index contributed by atoms with van der Waals surface area (Å²) in [4.78, 5) is 14.3. The van der Waals surface area contributed by atoms with Crippen LogP contribution in [0.2, 0.25) is 0 Å². The number of carbonyl (C=O) groups is 1. The van der Waals surface area contributed by atoms with E-state index >= 15 is 0 Å². The fourth-order valence-corrected chi connectivity index (χ4v) is 3.39. The van der Waals surface area contributed by atoms with Gasteiger partial charge >= 0.3 is 0 Å². The highest BCUT2D eigenvalue weighted by atomic mass is 32.2. The van der Waals surface area contributed by atoms with Crippen molar-refractivity contribution in [1.82, 2.24) is 0 Å². The van der Waals surface area contributed by atoms with Crippen molar-refractivity contribution < 1.29 is 13.2 Å². The minimum Gasteiger partial charge on any atom is -0.312 e. The number of primary sulfonamides is 1. The Labute approximate surface area is 118 Å². The Hall–Kier alpha value is -1.40. The van der Waals surface area contributed by atoms with E-state index in [1.807, 2.05) is 6.92 Å². The number of sulfonamides is 1. The molecule has 1 unspecified atom stereocenters. The van der Waals surface area contributed by atoms with E-state index in [9.17, 15) is 13.2 Å². The van der Waals surface area contributed by atoms with Crippen molar-refractivity contribution in [2.45, 2.75) is 31.1 Å². The average molecular weight is 294 g/mol. The van der Waals surface area contributed by atoms with Gasteiger partial charge in [-0.05, 0) is 48.9 Å². The second-order valence-electron chi connectivity index (χ2n) is 5.70. The van der Waals surface area contributed by atoms with Crippen LogP contribution in [0.5, 0.6) is 0 Å². The Bertz CT molecular complexity index is 665. The summed E-state index contributed by atoms with van der Waals surface area (Å²) >= 11 is 0. The van der Waals surface area contributed by atoms with Gasteiger partial charge < -0.3 is 4.90 Å². The molecule has 1 aromatic carbocycles. The maximum absolute atomic E-state index is 12.5. The molecule has 20 heavy (non-hydrogen) atoms. The lowest BCUT2D eigenvalue weighted by Crippen LogP contribution is -2.34. The van der Waals surface area contributed by atoms with Gasteiger partial charge in [-0.1, -0.05) is 6.92 Å². The van der Waals surface area contributed by atoms with E-state index in [-0.39, 0.29) is 16.7 Å². The molecule has 0 radical (unpaired) electrons. The Kier molecular flexibility index (Phi) is 3.10. The van der Waals surface area contributed by atoms with Gasteiger partial charge in [0.25, 0.3) is 0 Å². The molecule has 2 N–H and O–H groups in total. The van der Waals surface area contributed by atoms with Crippen LogP contribution in [0.3, 0.4) is 0 Å². The topological polar surface area (TPSA) is 80.5 Å². The fourth-order valence-electron chi connectivity index (χ4n) is 2.83. The molecule has 0 aromatic heterocycles. The predicted octanol–water partition coefficient (Wildman–Crippen LogP) is 1.27. The predicted molar refractivity (Wildman–Crippen MR) is 75.8 cm³/mol. The molecule has 1 aliphatic heterocycles. The number of hydrogen-bond donors (Lipinski definition) is 1. The summed E-state index contributed by atoms with van der Waals surface area (Å²) in [5.41, 5.74) is 1.71. The lowest BCUT2D eigenvalue weighted by Gasteiger charge is -2.21. The first-order valence-electron chi connectivity index (χ1n) is 6.85. The van der Waals surface area contributed by atoms with Crippen LogP contribution < -0.4 is 10.0 Å². The Morgan fingerprint density at radius 2 is 2.10 bits per heavy atom. The molecular weight excluding hydrogens is 276 g/mol. The first-order chi connectivity index (χ1) is 9.38. The number of fused-ring (bicyclic) bond motifs is 1. The van der Waals surface area contributed by atoms with Gasteiger partial charge in [-0.2, -0.15) is 0 Å². The van der Waals surface area contributed by atoms with Gasteiger partial charge in [-0.3, -0.25) is 4.79 Å². The van der Waals surface area contributed by atoms with Gasteiger partial charge in [0.2, 0.25) is 15.9 Å². The monoisotopic (exact) mass is 294 g/mol. The van der Waals surface area contributed by atoms with Crippen molar-refractivity contribution >= 4 is 21.6 Å². The molecule has 5 nitrogen and oxygen atoms in total. The summed E-state index contributed by atoms with van der Waals surface area (Å²) in [6.45, 7) is 2.61. The van der Waals surface area contributed by atoms with Gasteiger partial charge in [0.15, 0.2) is 0 Å². The van der Waals surface area contributed by atoms with Crippen LogP contribution in [-0.2, 0) is 21.2 Å². The number of nitrogens with two attached hydrogens (primary N) is 1. The van der Waals surface area contributed by atoms with Crippen LogP contribution >= 0.6 is 0 Å². The minimum atomic E-state index is -3.69. The third-order valence-corrected chi connectivity index (χ3v) is 5.17. The minimum absolute atomic E-state index is 0.0545. The fraction of sp³-hybridized carbons (Fsp3) is 0.500. The van der Waals surface area contributed by atoms with E-state index in [1.165, 1.54) is 6.07 Å². The van der Waals surface area contributed by atoms with Crippen LogP contribution in [0.25, 0.3) is 0 Å². The second kappa shape index (κ2) is 4.56. The Balaban J connectivity index is 1.89. The number of nitrogens with zero attached hydrogens (tertiary/aromatic N) is 1. The van der Waals surface area contributed by atoms with Gasteiger partial charge in [0.05, 0.1) is 4.90 Å². The number of carbonyl (C=O) groups excluding carboxylic acids is 1. The molecule has 1 heterocycles. The second-order valence-corrected chi connectivity index (χ2v) is 7.26. The van der Waals surface area contributed by atoms with E-state index < -0.39 is 10.0 Å². The highest BCUT2D eigenvalue weighted by Gasteiger charge is 2.37. The van der Waals surface area contributed by atoms with Crippen molar-refractivity contribution in [3.63, 3.8) is 0 Å². The molecule has 1 atom stereocenters. The molecule has 1 amide bonds. The van der Waals surface area contributed by atoms with Crippen molar-refractivity contribution in [3.05, 3.63) is 23.8 Å². The van der Waals surface area contributed by atoms with Gasteiger partial charge in [0, 0.05) is 18.2 Å². The lowest BCUT2D eigenvalue weighted by molar-refractivity contribution is -0.122. The number of benzene rings is 1. The van der Waals surface area contributed by atoms with Crippen molar-refractivity contribution in [2.24, 2.45) is 17.0 Å². The number of anilines is 1. The molecule has 0 spiro atoms. The van der Waals surface area contributed by atoms with E-state index in [1.54, 1.807) is 17.0 Å². The maximum Gasteiger partial charge on any atom is 0.238 e. The summed E-state index contributed by atoms with van der Waals surface area (Å²) in [6.07, 6.45) is 2.96. The molecule has 1 aromatic rings. The average Bonchev–Trinajstić information content (AvgIpc) is 3.15. The van der Waals surface area contributed by atoms with Crippen LogP contribution in [0, 0.1) is 11.8 Å². The first-order valence-corrected chi connectivity index (χ1v) is 8.39. The summed E-state index contributed by atoms with van der Waals surface area (Å²) in [5.74, 6) is 0.726. The number of hydrogen-bond acceptors (Lipinski definition) is 3. The van der Waals surface area contributed by atoms with Crippen LogP contribution in [-0.4, -0.2) is 20.9 Å². The maximum atomic E-state index is 12.5. The smallest absolute Gasteiger partial charge is 0.238 e. The van der Waals surface area contributed by atoms with Crippen molar-refractivity contribution in [2.75, 3.05) is 11.4 Å². The quantitative estimate of drug-likeness (QED) is 0.911. The largest absolute Gasteiger partial charge is 0.312 e. The third kappa shape index (κ3) is 2.33. The SMILES string of the molecule is CC(C(=O)N1CCc2cc(S(N)(=O)=O)ccc21)C1CC1. The van der Waals surface area contributed by atoms with E-state index in [0.29, 0.717) is 18.9 Å². The third-order valence-electron chi connectivity index (χ3n) is 4.26. The van der Waals surface area contributed by atoms with E-state index in [0.717, 1.165) is 24.1 Å². The molecular formula is C14H18N2O3S. The van der Waals surface area contributed by atoms with E-state index in [2.05, 4.69) is 0 Å².